The molecular weight excluding hydrogens is 438 g/mol. The van der Waals surface area contributed by atoms with E-state index >= 15 is 0 Å². The van der Waals surface area contributed by atoms with Crippen LogP contribution in [0.4, 0.5) is 0 Å². The second kappa shape index (κ2) is 12.5. The first-order valence-electron chi connectivity index (χ1n) is 10.8. The van der Waals surface area contributed by atoms with E-state index in [0.717, 1.165) is 6.92 Å². The fourth-order valence-corrected chi connectivity index (χ4v) is 3.86. The molecule has 0 bridgehead atoms. The van der Waals surface area contributed by atoms with Gasteiger partial charge in [-0.15, -0.1) is 0 Å². The number of hydrogen-bond acceptors (Lipinski definition) is 8. The Kier molecular flexibility index (Phi) is 10.7. The Morgan fingerprint density at radius 3 is 1.88 bits per heavy atom. The molecule has 13 heteroatoms. The number of carboxylic acid groups (broad SMARTS) is 1. The predicted molar refractivity (Wildman–Crippen MR) is 115 cm³/mol. The van der Waals surface area contributed by atoms with E-state index in [1.165, 1.54) is 23.6 Å². The first-order chi connectivity index (χ1) is 15.3. The van der Waals surface area contributed by atoms with Crippen molar-refractivity contribution < 1.29 is 39.3 Å². The third-order valence-electron chi connectivity index (χ3n) is 5.55. The minimum absolute atomic E-state index is 0.341. The first kappa shape index (κ1) is 28.3. The zero-order chi connectivity index (χ0) is 25.5. The van der Waals surface area contributed by atoms with E-state index < -0.39 is 60.1 Å². The van der Waals surface area contributed by atoms with Crippen LogP contribution in [-0.2, 0) is 24.0 Å². The average Bonchev–Trinajstić information content (AvgIpc) is 3.38. The number of likely N-dealkylation sites (tertiary alicyclic amines) is 2. The van der Waals surface area contributed by atoms with Crippen molar-refractivity contribution in [2.24, 2.45) is 11.5 Å². The van der Waals surface area contributed by atoms with Crippen molar-refractivity contribution in [2.75, 3.05) is 13.1 Å². The minimum atomic E-state index is -1.26. The summed E-state index contributed by atoms with van der Waals surface area (Å²) in [7, 11) is 0. The lowest BCUT2D eigenvalue weighted by Gasteiger charge is -2.33. The van der Waals surface area contributed by atoms with Crippen molar-refractivity contribution in [3.8, 4) is 0 Å². The molecule has 0 spiro atoms. The Hall–Kier alpha value is -2.77. The van der Waals surface area contributed by atoms with Crippen LogP contribution in [0.15, 0.2) is 0 Å². The molecule has 4 amide bonds. The molecule has 2 aliphatic heterocycles. The predicted octanol–water partition coefficient (Wildman–Crippen LogP) is -2.88. The number of primary amides is 1. The maximum atomic E-state index is 13.1. The summed E-state index contributed by atoms with van der Waals surface area (Å²) < 4.78 is 0. The van der Waals surface area contributed by atoms with Gasteiger partial charge in [0.1, 0.15) is 24.2 Å². The summed E-state index contributed by atoms with van der Waals surface area (Å²) in [6, 6.07) is -3.94. The molecule has 0 aliphatic carbocycles. The van der Waals surface area contributed by atoms with Crippen molar-refractivity contribution in [3.05, 3.63) is 0 Å². The zero-order valence-electron chi connectivity index (χ0n) is 19.1. The Morgan fingerprint density at radius 1 is 0.939 bits per heavy atom. The number of aliphatic hydroxyl groups is 2. The van der Waals surface area contributed by atoms with Gasteiger partial charge in [0.2, 0.25) is 23.6 Å². The molecule has 0 unspecified atom stereocenters. The fourth-order valence-electron chi connectivity index (χ4n) is 3.86. The summed E-state index contributed by atoms with van der Waals surface area (Å²) >= 11 is 0. The Morgan fingerprint density at radius 2 is 1.42 bits per heavy atom. The number of carboxylic acids is 1. The van der Waals surface area contributed by atoms with Crippen molar-refractivity contribution in [3.63, 3.8) is 0 Å². The molecule has 0 aromatic rings. The molecule has 2 fully saturated rings. The third kappa shape index (κ3) is 7.65. The van der Waals surface area contributed by atoms with Gasteiger partial charge < -0.3 is 41.9 Å². The lowest BCUT2D eigenvalue weighted by molar-refractivity contribution is -0.148. The molecule has 8 N–H and O–H groups in total. The molecule has 0 aromatic carbocycles. The smallest absolute Gasteiger partial charge is 0.300 e. The topological polar surface area (TPSA) is 217 Å². The summed E-state index contributed by atoms with van der Waals surface area (Å²) in [6.45, 7) is 4.52. The van der Waals surface area contributed by atoms with Crippen LogP contribution in [0.1, 0.15) is 46.5 Å². The zero-order valence-corrected chi connectivity index (χ0v) is 19.1. The number of carbonyl (C=O) groups excluding carboxylic acids is 4. The van der Waals surface area contributed by atoms with Crippen LogP contribution in [0.5, 0.6) is 0 Å². The van der Waals surface area contributed by atoms with Crippen molar-refractivity contribution in [1.29, 1.82) is 0 Å². The number of aliphatic carboxylic acids is 1. The molecule has 2 saturated heterocycles. The highest BCUT2D eigenvalue weighted by molar-refractivity contribution is 5.95. The lowest BCUT2D eigenvalue weighted by Crippen LogP contribution is -2.58. The van der Waals surface area contributed by atoms with Crippen LogP contribution < -0.4 is 16.8 Å². The highest BCUT2D eigenvalue weighted by Crippen LogP contribution is 2.25. The molecule has 0 aromatic heterocycles. The van der Waals surface area contributed by atoms with Crippen LogP contribution in [0.2, 0.25) is 0 Å². The number of carbonyl (C=O) groups is 5. The molecule has 0 radical (unpaired) electrons. The minimum Gasteiger partial charge on any atom is -0.481 e. The third-order valence-corrected chi connectivity index (χ3v) is 5.55. The highest BCUT2D eigenvalue weighted by atomic mass is 16.4. The van der Waals surface area contributed by atoms with Crippen molar-refractivity contribution in [1.82, 2.24) is 15.1 Å². The van der Waals surface area contributed by atoms with E-state index in [1.807, 2.05) is 0 Å². The van der Waals surface area contributed by atoms with Gasteiger partial charge in [0.25, 0.3) is 5.97 Å². The SMILES string of the molecule is CC(=O)O.C[C@@H](O)[C@H](N)C(=O)N1CCC[C@H]1C(=O)N1CCC[C@H]1C(=O)N[C@H](C(N)=O)[C@@H](C)O. The summed E-state index contributed by atoms with van der Waals surface area (Å²) in [4.78, 5) is 61.5. The number of hydrogen-bond donors (Lipinski definition) is 6. The number of nitrogens with zero attached hydrogens (tertiary/aromatic N) is 2. The van der Waals surface area contributed by atoms with Crippen LogP contribution in [0.3, 0.4) is 0 Å². The molecule has 0 saturated carbocycles. The van der Waals surface area contributed by atoms with Crippen LogP contribution >= 0.6 is 0 Å². The summed E-state index contributed by atoms with van der Waals surface area (Å²) in [5.74, 6) is -3.14. The molecule has 2 aliphatic rings. The molecule has 13 nitrogen and oxygen atoms in total. The maximum Gasteiger partial charge on any atom is 0.300 e. The monoisotopic (exact) mass is 473 g/mol. The number of aliphatic hydroxyl groups excluding tert-OH is 2. The number of amides is 4. The summed E-state index contributed by atoms with van der Waals surface area (Å²) in [5, 5.41) is 29.1. The molecule has 33 heavy (non-hydrogen) atoms. The quantitative estimate of drug-likeness (QED) is 0.223. The summed E-state index contributed by atoms with van der Waals surface area (Å²) in [5.41, 5.74) is 11.0. The van der Waals surface area contributed by atoms with E-state index in [1.54, 1.807) is 0 Å². The Balaban J connectivity index is 0.00000125. The van der Waals surface area contributed by atoms with Gasteiger partial charge in [-0.3, -0.25) is 24.0 Å². The van der Waals surface area contributed by atoms with Crippen LogP contribution in [0, 0.1) is 0 Å². The van der Waals surface area contributed by atoms with Gasteiger partial charge in [-0.2, -0.15) is 0 Å². The van der Waals surface area contributed by atoms with Crippen LogP contribution in [0.25, 0.3) is 0 Å². The number of nitrogens with one attached hydrogen (secondary N) is 1. The van der Waals surface area contributed by atoms with E-state index in [0.29, 0.717) is 38.8 Å². The number of nitrogens with two attached hydrogens (primary N) is 2. The van der Waals surface area contributed by atoms with Gasteiger partial charge in [0.05, 0.1) is 12.2 Å². The van der Waals surface area contributed by atoms with E-state index in [9.17, 15) is 29.4 Å². The van der Waals surface area contributed by atoms with Crippen molar-refractivity contribution in [2.45, 2.75) is 82.8 Å². The highest BCUT2D eigenvalue weighted by Gasteiger charge is 2.43. The molecule has 2 heterocycles. The first-order valence-corrected chi connectivity index (χ1v) is 10.8. The van der Waals surface area contributed by atoms with Gasteiger partial charge in [-0.1, -0.05) is 0 Å². The van der Waals surface area contributed by atoms with Gasteiger partial charge in [-0.05, 0) is 39.5 Å². The van der Waals surface area contributed by atoms with Gasteiger partial charge in [-0.25, -0.2) is 0 Å². The molecule has 6 atom stereocenters. The van der Waals surface area contributed by atoms with Gasteiger partial charge in [0.15, 0.2) is 0 Å². The van der Waals surface area contributed by atoms with Crippen molar-refractivity contribution >= 4 is 29.6 Å². The number of rotatable bonds is 7. The molecular formula is C20H35N5O8. The van der Waals surface area contributed by atoms with Crippen LogP contribution in [-0.4, -0.2) is 104 Å². The molecule has 188 valence electrons. The van der Waals surface area contributed by atoms with E-state index in [4.69, 9.17) is 21.4 Å². The molecule has 2 rings (SSSR count). The standard InChI is InChI=1S/C18H31N5O6.C2H4O2/c1-9(24)13(19)18(29)23-8-4-6-12(23)17(28)22-7-3-5-11(22)16(27)21-14(10(2)25)15(20)26;1-2(3)4/h9-14,24-25H,3-8,19H2,1-2H3,(H2,20,26)(H,21,27);1H3,(H,3,4)/t9-,10-,11+,12+,13+,14+;/m1./s1. The van der Waals surface area contributed by atoms with E-state index in [-0.39, 0.29) is 5.91 Å². The average molecular weight is 474 g/mol. The second-order valence-corrected chi connectivity index (χ2v) is 8.29. The largest absolute Gasteiger partial charge is 0.481 e. The van der Waals surface area contributed by atoms with E-state index in [2.05, 4.69) is 5.32 Å². The second-order valence-electron chi connectivity index (χ2n) is 8.29. The fraction of sp³-hybridized carbons (Fsp3) is 0.750. The van der Waals surface area contributed by atoms with Gasteiger partial charge in [0, 0.05) is 20.0 Å². The van der Waals surface area contributed by atoms with Gasteiger partial charge >= 0.3 is 0 Å². The lowest BCUT2D eigenvalue weighted by atomic mass is 10.1. The Bertz CT molecular complexity index is 740. The maximum absolute atomic E-state index is 13.1. The Labute approximate surface area is 192 Å². The normalized spacial score (nSPS) is 23.6. The summed E-state index contributed by atoms with van der Waals surface area (Å²) in [6.07, 6.45) is -0.170.